The van der Waals surface area contributed by atoms with Gasteiger partial charge in [-0.25, -0.2) is 9.97 Å². The van der Waals surface area contributed by atoms with Crippen molar-refractivity contribution in [3.63, 3.8) is 0 Å². The van der Waals surface area contributed by atoms with E-state index in [0.717, 1.165) is 28.8 Å². The molecule has 2 N–H and O–H groups in total. The standard InChI is InChI=1S/C18H13ClN6O/c19-12-3-1-2-11-15(12)23-18(25-7-6-20-16(11)25)24-17(26)10-4-5-13-14(8-10)22-9-21-13/h1-5,8-9,20H,6-7H2,(H,21,22). The van der Waals surface area contributed by atoms with Gasteiger partial charge in [-0.05, 0) is 30.3 Å². The van der Waals surface area contributed by atoms with E-state index in [0.29, 0.717) is 28.3 Å². The van der Waals surface area contributed by atoms with Gasteiger partial charge in [0.15, 0.2) is 0 Å². The Morgan fingerprint density at radius 2 is 2.19 bits per heavy atom. The molecule has 1 aliphatic rings. The summed E-state index contributed by atoms with van der Waals surface area (Å²) in [6, 6.07) is 10.9. The van der Waals surface area contributed by atoms with Crippen LogP contribution in [0.1, 0.15) is 10.4 Å². The molecule has 0 saturated carbocycles. The van der Waals surface area contributed by atoms with Gasteiger partial charge >= 0.3 is 0 Å². The van der Waals surface area contributed by atoms with E-state index in [2.05, 4.69) is 25.3 Å². The largest absolute Gasteiger partial charge is 0.369 e. The first kappa shape index (κ1) is 15.1. The van der Waals surface area contributed by atoms with Crippen molar-refractivity contribution < 1.29 is 4.79 Å². The Balaban J connectivity index is 1.70. The molecule has 0 saturated heterocycles. The zero-order valence-electron chi connectivity index (χ0n) is 13.5. The molecule has 8 heteroatoms. The molecule has 0 bridgehead atoms. The fourth-order valence-electron chi connectivity index (χ4n) is 3.22. The number of amides is 1. The topological polar surface area (TPSA) is 88.0 Å². The van der Waals surface area contributed by atoms with Crippen LogP contribution in [-0.4, -0.2) is 32.0 Å². The lowest BCUT2D eigenvalue weighted by molar-refractivity contribution is 0.0996. The van der Waals surface area contributed by atoms with Crippen LogP contribution in [-0.2, 0) is 6.54 Å². The van der Waals surface area contributed by atoms with E-state index in [1.807, 2.05) is 16.7 Å². The van der Waals surface area contributed by atoms with Crippen molar-refractivity contribution in [1.29, 1.82) is 0 Å². The van der Waals surface area contributed by atoms with Crippen molar-refractivity contribution in [3.05, 3.63) is 58.9 Å². The molecule has 2 aromatic carbocycles. The van der Waals surface area contributed by atoms with Crippen LogP contribution in [0.3, 0.4) is 0 Å². The van der Waals surface area contributed by atoms with Gasteiger partial charge in [0, 0.05) is 24.0 Å². The number of carbonyl (C=O) groups is 1. The summed E-state index contributed by atoms with van der Waals surface area (Å²) < 4.78 is 1.91. The van der Waals surface area contributed by atoms with Gasteiger partial charge in [-0.3, -0.25) is 9.36 Å². The minimum atomic E-state index is -0.359. The molecule has 0 atom stereocenters. The predicted octanol–water partition coefficient (Wildman–Crippen LogP) is 2.73. The average molecular weight is 365 g/mol. The molecule has 0 aliphatic carbocycles. The summed E-state index contributed by atoms with van der Waals surface area (Å²) in [4.78, 5) is 28.7. The monoisotopic (exact) mass is 364 g/mol. The molecule has 26 heavy (non-hydrogen) atoms. The number of fused-ring (bicyclic) bond motifs is 4. The number of nitrogens with zero attached hydrogens (tertiary/aromatic N) is 4. The molecule has 128 valence electrons. The third-order valence-electron chi connectivity index (χ3n) is 4.46. The molecule has 7 nitrogen and oxygen atoms in total. The maximum Gasteiger partial charge on any atom is 0.280 e. The molecular weight excluding hydrogens is 352 g/mol. The van der Waals surface area contributed by atoms with Gasteiger partial charge in [0.1, 0.15) is 5.82 Å². The van der Waals surface area contributed by atoms with Crippen molar-refractivity contribution in [3.8, 4) is 0 Å². The normalized spacial score (nSPS) is 14.0. The quantitative estimate of drug-likeness (QED) is 0.543. The number of carbonyl (C=O) groups excluding carboxylic acids is 1. The summed E-state index contributed by atoms with van der Waals surface area (Å²) >= 11 is 6.30. The van der Waals surface area contributed by atoms with Crippen LogP contribution in [0.15, 0.2) is 47.7 Å². The molecule has 3 heterocycles. The summed E-state index contributed by atoms with van der Waals surface area (Å²) in [7, 11) is 0. The van der Waals surface area contributed by atoms with Gasteiger partial charge in [0.05, 0.1) is 27.9 Å². The molecule has 1 aliphatic heterocycles. The summed E-state index contributed by atoms with van der Waals surface area (Å²) in [5, 5.41) is 4.77. The number of para-hydroxylation sites is 1. The van der Waals surface area contributed by atoms with Crippen LogP contribution in [0.25, 0.3) is 21.9 Å². The Hall–Kier alpha value is -3.19. The fourth-order valence-corrected chi connectivity index (χ4v) is 3.44. The van der Waals surface area contributed by atoms with Crippen LogP contribution >= 0.6 is 11.6 Å². The van der Waals surface area contributed by atoms with Crippen molar-refractivity contribution >= 4 is 45.3 Å². The number of H-pyrrole nitrogens is 1. The Kier molecular flexibility index (Phi) is 3.29. The zero-order valence-corrected chi connectivity index (χ0v) is 14.3. The van der Waals surface area contributed by atoms with Crippen molar-refractivity contribution in [2.75, 3.05) is 11.9 Å². The van der Waals surface area contributed by atoms with E-state index < -0.39 is 0 Å². The second-order valence-electron chi connectivity index (χ2n) is 6.03. The maximum absolute atomic E-state index is 12.7. The number of benzene rings is 2. The molecule has 5 rings (SSSR count). The second-order valence-corrected chi connectivity index (χ2v) is 6.43. The maximum atomic E-state index is 12.7. The highest BCUT2D eigenvalue weighted by Gasteiger charge is 2.17. The number of halogens is 1. The number of rotatable bonds is 1. The zero-order chi connectivity index (χ0) is 17.7. The Morgan fingerprint density at radius 3 is 3.12 bits per heavy atom. The van der Waals surface area contributed by atoms with Crippen LogP contribution in [0, 0.1) is 0 Å². The molecule has 2 aromatic heterocycles. The SMILES string of the molecule is O=C(N=c1nc2c(Cl)cccc2c2n1CCN2)c1ccc2nc[nH]c2c1. The molecule has 0 radical (unpaired) electrons. The van der Waals surface area contributed by atoms with Gasteiger partial charge in [0.25, 0.3) is 5.91 Å². The van der Waals surface area contributed by atoms with Crippen molar-refractivity contribution in [2.24, 2.45) is 4.99 Å². The number of nitrogens with one attached hydrogen (secondary N) is 2. The highest BCUT2D eigenvalue weighted by molar-refractivity contribution is 6.35. The van der Waals surface area contributed by atoms with E-state index in [-0.39, 0.29) is 5.91 Å². The van der Waals surface area contributed by atoms with Crippen molar-refractivity contribution in [2.45, 2.75) is 6.54 Å². The van der Waals surface area contributed by atoms with E-state index in [9.17, 15) is 4.79 Å². The van der Waals surface area contributed by atoms with E-state index in [1.165, 1.54) is 0 Å². The number of hydrogen-bond donors (Lipinski definition) is 2. The first-order chi connectivity index (χ1) is 12.7. The minimum absolute atomic E-state index is 0.348. The van der Waals surface area contributed by atoms with Crippen molar-refractivity contribution in [1.82, 2.24) is 19.5 Å². The molecule has 0 spiro atoms. The van der Waals surface area contributed by atoms with Gasteiger partial charge in [-0.2, -0.15) is 4.99 Å². The average Bonchev–Trinajstić information content (AvgIpc) is 3.31. The van der Waals surface area contributed by atoms with Crippen LogP contribution in [0.2, 0.25) is 5.02 Å². The smallest absolute Gasteiger partial charge is 0.280 e. The van der Waals surface area contributed by atoms with Crippen LogP contribution in [0.5, 0.6) is 0 Å². The number of aromatic amines is 1. The lowest BCUT2D eigenvalue weighted by atomic mass is 10.2. The van der Waals surface area contributed by atoms with Crippen LogP contribution < -0.4 is 10.9 Å². The summed E-state index contributed by atoms with van der Waals surface area (Å²) in [6.45, 7) is 1.45. The minimum Gasteiger partial charge on any atom is -0.369 e. The summed E-state index contributed by atoms with van der Waals surface area (Å²) in [6.07, 6.45) is 1.59. The van der Waals surface area contributed by atoms with Gasteiger partial charge < -0.3 is 10.3 Å². The highest BCUT2D eigenvalue weighted by Crippen LogP contribution is 2.27. The molecule has 1 amide bonds. The van der Waals surface area contributed by atoms with E-state index in [4.69, 9.17) is 11.6 Å². The summed E-state index contributed by atoms with van der Waals surface area (Å²) in [5.74, 6) is 0.523. The highest BCUT2D eigenvalue weighted by atomic mass is 35.5. The number of aromatic nitrogens is 4. The molecular formula is C18H13ClN6O. The number of imidazole rings is 1. The summed E-state index contributed by atoms with van der Waals surface area (Å²) in [5.41, 5.74) is 3.05. The first-order valence-electron chi connectivity index (χ1n) is 8.16. The van der Waals surface area contributed by atoms with Gasteiger partial charge in [0.2, 0.25) is 5.62 Å². The second kappa shape index (κ2) is 5.67. The molecule has 4 aromatic rings. The lowest BCUT2D eigenvalue weighted by Gasteiger charge is -2.08. The van der Waals surface area contributed by atoms with E-state index in [1.54, 1.807) is 30.6 Å². The fraction of sp³-hybridized carbons (Fsp3) is 0.111. The third-order valence-corrected chi connectivity index (χ3v) is 4.77. The lowest BCUT2D eigenvalue weighted by Crippen LogP contribution is -2.24. The van der Waals surface area contributed by atoms with Crippen LogP contribution in [0.4, 0.5) is 5.82 Å². The third kappa shape index (κ3) is 2.28. The van der Waals surface area contributed by atoms with Gasteiger partial charge in [-0.1, -0.05) is 17.7 Å². The first-order valence-corrected chi connectivity index (χ1v) is 8.54. The Morgan fingerprint density at radius 1 is 1.27 bits per heavy atom. The number of hydrogen-bond acceptors (Lipinski definition) is 4. The molecule has 0 unspecified atom stereocenters. The molecule has 0 fully saturated rings. The Bertz CT molecular complexity index is 1260. The van der Waals surface area contributed by atoms with E-state index >= 15 is 0 Å². The predicted molar refractivity (Wildman–Crippen MR) is 99.2 cm³/mol. The van der Waals surface area contributed by atoms with Gasteiger partial charge in [-0.15, -0.1) is 0 Å². The number of anilines is 1. The Labute approximate surface area is 152 Å².